The number of nitrogens with zero attached hydrogens (tertiary/aromatic N) is 1. The summed E-state index contributed by atoms with van der Waals surface area (Å²) >= 11 is 3.49. The molecule has 2 nitrogen and oxygen atoms in total. The van der Waals surface area contributed by atoms with Crippen LogP contribution in [0.5, 0.6) is 0 Å². The van der Waals surface area contributed by atoms with E-state index in [4.69, 9.17) is 0 Å². The minimum Gasteiger partial charge on any atom is -0.335 e. The van der Waals surface area contributed by atoms with Gasteiger partial charge in [0, 0.05) is 23.0 Å². The van der Waals surface area contributed by atoms with Crippen molar-refractivity contribution in [3.8, 4) is 0 Å². The Balaban J connectivity index is 1.48. The first-order chi connectivity index (χ1) is 11.6. The van der Waals surface area contributed by atoms with Gasteiger partial charge in [-0.3, -0.25) is 4.79 Å². The molecule has 0 N–H and O–H groups in total. The second-order valence-corrected chi connectivity index (χ2v) is 7.75. The molecule has 4 rings (SSSR count). The molecular formula is C20H19BrFNO. The fourth-order valence-corrected chi connectivity index (χ4v) is 3.84. The second-order valence-electron chi connectivity index (χ2n) is 6.83. The number of halogens is 2. The van der Waals surface area contributed by atoms with Gasteiger partial charge in [-0.2, -0.15) is 0 Å². The quantitative estimate of drug-likeness (QED) is 0.715. The lowest BCUT2D eigenvalue weighted by Gasteiger charge is -2.23. The van der Waals surface area contributed by atoms with Crippen molar-refractivity contribution in [3.63, 3.8) is 0 Å². The normalized spacial score (nSPS) is 22.2. The summed E-state index contributed by atoms with van der Waals surface area (Å²) in [5, 5.41) is 0. The molecule has 0 bridgehead atoms. The van der Waals surface area contributed by atoms with Crippen LogP contribution in [0.25, 0.3) is 0 Å². The van der Waals surface area contributed by atoms with Gasteiger partial charge in [0.2, 0.25) is 5.91 Å². The number of amides is 1. The number of rotatable bonds is 5. The maximum Gasteiger partial charge on any atom is 0.226 e. The van der Waals surface area contributed by atoms with Gasteiger partial charge in [0.1, 0.15) is 5.82 Å². The Labute approximate surface area is 149 Å². The molecule has 2 aliphatic rings. The first kappa shape index (κ1) is 15.8. The monoisotopic (exact) mass is 387 g/mol. The van der Waals surface area contributed by atoms with Gasteiger partial charge in [-0.1, -0.05) is 40.2 Å². The highest BCUT2D eigenvalue weighted by Crippen LogP contribution is 2.49. The summed E-state index contributed by atoms with van der Waals surface area (Å²) in [6, 6.07) is 15.2. The van der Waals surface area contributed by atoms with Gasteiger partial charge in [-0.15, -0.1) is 0 Å². The van der Waals surface area contributed by atoms with Crippen molar-refractivity contribution in [2.24, 2.45) is 5.92 Å². The largest absolute Gasteiger partial charge is 0.335 e. The third kappa shape index (κ3) is 3.39. The number of carbonyl (C=O) groups excluding carboxylic acids is 1. The zero-order chi connectivity index (χ0) is 16.7. The Kier molecular flexibility index (Phi) is 4.17. The van der Waals surface area contributed by atoms with Crippen molar-refractivity contribution < 1.29 is 9.18 Å². The molecule has 2 fully saturated rings. The van der Waals surface area contributed by atoms with Crippen LogP contribution in [-0.2, 0) is 11.3 Å². The van der Waals surface area contributed by atoms with E-state index in [9.17, 15) is 9.18 Å². The molecule has 0 radical (unpaired) electrons. The number of benzene rings is 2. The predicted molar refractivity (Wildman–Crippen MR) is 95.0 cm³/mol. The minimum absolute atomic E-state index is 0.0135. The Morgan fingerprint density at radius 3 is 2.67 bits per heavy atom. The van der Waals surface area contributed by atoms with Gasteiger partial charge in [-0.05, 0) is 60.6 Å². The summed E-state index contributed by atoms with van der Waals surface area (Å²) in [4.78, 5) is 15.0. The van der Waals surface area contributed by atoms with Crippen LogP contribution in [-0.4, -0.2) is 16.8 Å². The average molecular weight is 388 g/mol. The molecule has 2 saturated carbocycles. The predicted octanol–water partition coefficient (Wildman–Crippen LogP) is 4.88. The summed E-state index contributed by atoms with van der Waals surface area (Å²) < 4.78 is 14.4. The van der Waals surface area contributed by atoms with Crippen molar-refractivity contribution >= 4 is 21.8 Å². The Bertz CT molecular complexity index is 774. The van der Waals surface area contributed by atoms with E-state index >= 15 is 0 Å². The van der Waals surface area contributed by atoms with E-state index in [1.165, 1.54) is 6.07 Å². The molecule has 0 aliphatic heterocycles. The first-order valence-electron chi connectivity index (χ1n) is 8.42. The van der Waals surface area contributed by atoms with E-state index in [1.807, 2.05) is 23.1 Å². The zero-order valence-electron chi connectivity index (χ0n) is 13.3. The molecule has 0 unspecified atom stereocenters. The van der Waals surface area contributed by atoms with Gasteiger partial charge < -0.3 is 4.90 Å². The van der Waals surface area contributed by atoms with E-state index in [0.29, 0.717) is 12.6 Å². The molecule has 0 heterocycles. The van der Waals surface area contributed by atoms with Crippen LogP contribution < -0.4 is 0 Å². The van der Waals surface area contributed by atoms with Crippen molar-refractivity contribution in [1.29, 1.82) is 0 Å². The smallest absolute Gasteiger partial charge is 0.226 e. The molecule has 124 valence electrons. The molecule has 2 aliphatic carbocycles. The third-order valence-corrected chi connectivity index (χ3v) is 5.39. The lowest BCUT2D eigenvalue weighted by Crippen LogP contribution is -2.34. The Morgan fingerprint density at radius 2 is 1.96 bits per heavy atom. The van der Waals surface area contributed by atoms with Crippen LogP contribution in [0.15, 0.2) is 53.0 Å². The van der Waals surface area contributed by atoms with E-state index in [1.54, 1.807) is 12.1 Å². The topological polar surface area (TPSA) is 20.3 Å². The molecular weight excluding hydrogens is 369 g/mol. The van der Waals surface area contributed by atoms with Crippen molar-refractivity contribution in [1.82, 2.24) is 4.90 Å². The molecule has 2 aromatic rings. The fraction of sp³-hybridized carbons (Fsp3) is 0.350. The van der Waals surface area contributed by atoms with Crippen LogP contribution in [0.1, 0.15) is 36.3 Å². The van der Waals surface area contributed by atoms with Crippen LogP contribution >= 0.6 is 15.9 Å². The standard InChI is InChI=1S/C20H19BrFNO/c21-15-5-1-3-13(9-15)12-23(17-7-8-17)20(24)19-11-18(19)14-4-2-6-16(22)10-14/h1-6,9-10,17-19H,7-8,11-12H2/t18-,19+/m1/s1. The van der Waals surface area contributed by atoms with Gasteiger partial charge in [0.05, 0.1) is 0 Å². The highest BCUT2D eigenvalue weighted by atomic mass is 79.9. The molecule has 0 aromatic heterocycles. The zero-order valence-corrected chi connectivity index (χ0v) is 14.9. The lowest BCUT2D eigenvalue weighted by atomic mass is 10.1. The lowest BCUT2D eigenvalue weighted by molar-refractivity contribution is -0.133. The maximum absolute atomic E-state index is 13.4. The minimum atomic E-state index is -0.223. The fourth-order valence-electron chi connectivity index (χ4n) is 3.39. The third-order valence-electron chi connectivity index (χ3n) is 4.90. The Hall–Kier alpha value is -1.68. The van der Waals surface area contributed by atoms with Crippen molar-refractivity contribution in [2.45, 2.75) is 37.8 Å². The summed E-state index contributed by atoms with van der Waals surface area (Å²) in [6.45, 7) is 0.662. The first-order valence-corrected chi connectivity index (χ1v) is 9.21. The molecule has 0 saturated heterocycles. The summed E-state index contributed by atoms with van der Waals surface area (Å²) in [5.74, 6) is 0.196. The summed E-state index contributed by atoms with van der Waals surface area (Å²) in [7, 11) is 0. The summed E-state index contributed by atoms with van der Waals surface area (Å²) in [5.41, 5.74) is 2.10. The van der Waals surface area contributed by atoms with Crippen molar-refractivity contribution in [3.05, 3.63) is 69.9 Å². The van der Waals surface area contributed by atoms with Gasteiger partial charge in [-0.25, -0.2) is 4.39 Å². The highest BCUT2D eigenvalue weighted by Gasteiger charge is 2.48. The number of hydrogen-bond acceptors (Lipinski definition) is 1. The molecule has 2 atom stereocenters. The summed E-state index contributed by atoms with van der Waals surface area (Å²) in [6.07, 6.45) is 3.03. The Morgan fingerprint density at radius 1 is 1.17 bits per heavy atom. The van der Waals surface area contributed by atoms with E-state index in [-0.39, 0.29) is 23.6 Å². The van der Waals surface area contributed by atoms with Crippen LogP contribution in [0.4, 0.5) is 4.39 Å². The van der Waals surface area contributed by atoms with Gasteiger partial charge in [0.25, 0.3) is 0 Å². The number of carbonyl (C=O) groups is 1. The second kappa shape index (κ2) is 6.32. The van der Waals surface area contributed by atoms with Crippen molar-refractivity contribution in [2.75, 3.05) is 0 Å². The average Bonchev–Trinajstić information content (AvgIpc) is 3.46. The molecule has 24 heavy (non-hydrogen) atoms. The van der Waals surface area contributed by atoms with Crippen LogP contribution in [0, 0.1) is 11.7 Å². The molecule has 1 amide bonds. The van der Waals surface area contributed by atoms with Crippen LogP contribution in [0.3, 0.4) is 0 Å². The van der Waals surface area contributed by atoms with E-state index in [2.05, 4.69) is 28.1 Å². The molecule has 2 aromatic carbocycles. The van der Waals surface area contributed by atoms with Gasteiger partial charge >= 0.3 is 0 Å². The van der Waals surface area contributed by atoms with E-state index in [0.717, 1.165) is 34.9 Å². The maximum atomic E-state index is 13.4. The van der Waals surface area contributed by atoms with Crippen LogP contribution in [0.2, 0.25) is 0 Å². The van der Waals surface area contributed by atoms with E-state index < -0.39 is 0 Å². The SMILES string of the molecule is O=C([C@H]1C[C@@H]1c1cccc(F)c1)N(Cc1cccc(Br)c1)C1CC1. The highest BCUT2D eigenvalue weighted by molar-refractivity contribution is 9.10. The molecule has 4 heteroatoms. The molecule has 0 spiro atoms. The number of hydrogen-bond donors (Lipinski definition) is 0. The van der Waals surface area contributed by atoms with Gasteiger partial charge in [0.15, 0.2) is 0 Å².